The van der Waals surface area contributed by atoms with Gasteiger partial charge in [0.2, 0.25) is 0 Å². The normalized spacial score (nSPS) is 13.1. The molecule has 2 aromatic carbocycles. The van der Waals surface area contributed by atoms with Gasteiger partial charge >= 0.3 is 19.8 Å². The Kier molecular flexibility index (Phi) is 4.58. The van der Waals surface area contributed by atoms with Crippen molar-refractivity contribution in [2.24, 2.45) is 0 Å². The standard InChI is InChI=1S/2C6H6N3.Ga/c2*1-2-4-6-5(3-1)7-9-8-6;/h2*1-4,7-8H;/q2*-1;+3. The molecule has 2 aromatic rings. The van der Waals surface area contributed by atoms with Gasteiger partial charge in [0.1, 0.15) is 0 Å². The largest absolute Gasteiger partial charge is 3.00 e. The minimum Gasteiger partial charge on any atom is -0.480 e. The molecule has 0 aliphatic carbocycles. The summed E-state index contributed by atoms with van der Waals surface area (Å²) in [6.07, 6.45) is 0. The van der Waals surface area contributed by atoms with Crippen molar-refractivity contribution >= 4 is 42.5 Å². The third kappa shape index (κ3) is 3.15. The van der Waals surface area contributed by atoms with E-state index in [9.17, 15) is 0 Å². The molecule has 4 N–H and O–H groups in total. The first kappa shape index (κ1) is 13.6. The van der Waals surface area contributed by atoms with Gasteiger partial charge < -0.3 is 32.8 Å². The van der Waals surface area contributed by atoms with Crippen LogP contribution in [-0.2, 0) is 0 Å². The first-order chi connectivity index (χ1) is 8.93. The van der Waals surface area contributed by atoms with E-state index in [4.69, 9.17) is 0 Å². The summed E-state index contributed by atoms with van der Waals surface area (Å²) in [4.78, 5) is 0. The Morgan fingerprint density at radius 3 is 1.05 bits per heavy atom. The minimum atomic E-state index is 0. The van der Waals surface area contributed by atoms with Crippen molar-refractivity contribution in [3.05, 3.63) is 59.6 Å². The second-order valence-electron chi connectivity index (χ2n) is 3.76. The maximum Gasteiger partial charge on any atom is 3.00 e. The van der Waals surface area contributed by atoms with Crippen LogP contribution in [0.4, 0.5) is 22.7 Å². The maximum absolute atomic E-state index is 3.75. The fraction of sp³-hybridized carbons (Fsp3) is 0. The molecule has 92 valence electrons. The van der Waals surface area contributed by atoms with Gasteiger partial charge in [0.15, 0.2) is 0 Å². The number of anilines is 4. The molecule has 2 aliphatic rings. The number of rotatable bonds is 0. The molecule has 2 aliphatic heterocycles. The molecule has 7 heteroatoms. The predicted molar refractivity (Wildman–Crippen MR) is 79.8 cm³/mol. The molecule has 0 saturated heterocycles. The molecule has 0 fully saturated rings. The Labute approximate surface area is 124 Å². The molecule has 0 unspecified atom stereocenters. The fourth-order valence-corrected chi connectivity index (χ4v) is 1.65. The topological polar surface area (TPSA) is 76.3 Å². The Morgan fingerprint density at radius 1 is 0.526 bits per heavy atom. The SMILES string of the molecule is [Ga+3].c1ccc2c(c1)N[N-]N2.c1ccc2c(c1)N[N-]N2. The van der Waals surface area contributed by atoms with Crippen LogP contribution >= 0.6 is 0 Å². The van der Waals surface area contributed by atoms with Crippen molar-refractivity contribution in [3.8, 4) is 0 Å². The summed E-state index contributed by atoms with van der Waals surface area (Å²) >= 11 is 0. The van der Waals surface area contributed by atoms with E-state index in [0.717, 1.165) is 22.7 Å². The Bertz CT molecular complexity index is 452. The smallest absolute Gasteiger partial charge is 0.480 e. The second kappa shape index (κ2) is 6.39. The molecule has 4 rings (SSSR count). The number of benzene rings is 2. The third-order valence-electron chi connectivity index (χ3n) is 2.56. The van der Waals surface area contributed by atoms with Gasteiger partial charge in [-0.1, -0.05) is 24.3 Å². The second-order valence-corrected chi connectivity index (χ2v) is 3.76. The molecule has 0 radical (unpaired) electrons. The molecule has 0 saturated carbocycles. The zero-order valence-corrected chi connectivity index (χ0v) is 12.5. The predicted octanol–water partition coefficient (Wildman–Crippen LogP) is 3.07. The van der Waals surface area contributed by atoms with Gasteiger partial charge in [-0.05, 0) is 24.3 Å². The summed E-state index contributed by atoms with van der Waals surface area (Å²) < 4.78 is 0. The van der Waals surface area contributed by atoms with Crippen LogP contribution in [0.25, 0.3) is 11.1 Å². The number of hydrogen-bond acceptors (Lipinski definition) is 4. The number of para-hydroxylation sites is 4. The van der Waals surface area contributed by atoms with Crippen LogP contribution in [0.15, 0.2) is 48.5 Å². The molecule has 0 amide bonds. The van der Waals surface area contributed by atoms with Crippen LogP contribution in [0, 0.1) is 0 Å². The summed E-state index contributed by atoms with van der Waals surface area (Å²) in [5.74, 6) is 0. The average molecular weight is 310 g/mol. The zero-order valence-electron chi connectivity index (χ0n) is 10.1. The zero-order chi connectivity index (χ0) is 12.2. The van der Waals surface area contributed by atoms with E-state index < -0.39 is 0 Å². The van der Waals surface area contributed by atoms with Gasteiger partial charge in [-0.15, -0.1) is 0 Å². The van der Waals surface area contributed by atoms with Crippen molar-refractivity contribution in [1.82, 2.24) is 0 Å². The Balaban J connectivity index is 0.000000133. The van der Waals surface area contributed by atoms with E-state index in [-0.39, 0.29) is 19.8 Å². The van der Waals surface area contributed by atoms with E-state index in [1.54, 1.807) is 0 Å². The number of fused-ring (bicyclic) bond motifs is 2. The van der Waals surface area contributed by atoms with Crippen molar-refractivity contribution in [2.45, 2.75) is 0 Å². The average Bonchev–Trinajstić information content (AvgIpc) is 3.08. The molecule has 0 atom stereocenters. The van der Waals surface area contributed by atoms with Crippen molar-refractivity contribution in [2.75, 3.05) is 21.7 Å². The first-order valence-corrected chi connectivity index (χ1v) is 5.55. The van der Waals surface area contributed by atoms with E-state index >= 15 is 0 Å². The van der Waals surface area contributed by atoms with Crippen LogP contribution in [0.3, 0.4) is 0 Å². The number of hydrogen-bond donors (Lipinski definition) is 4. The van der Waals surface area contributed by atoms with Crippen LogP contribution in [-0.4, -0.2) is 19.8 Å². The quantitative estimate of drug-likeness (QED) is 0.564. The fourth-order valence-electron chi connectivity index (χ4n) is 1.65. The molecular formula is C12H12GaN6+. The molecule has 0 bridgehead atoms. The first-order valence-electron chi connectivity index (χ1n) is 5.55. The summed E-state index contributed by atoms with van der Waals surface area (Å²) in [5, 5.41) is 0. The van der Waals surface area contributed by atoms with Crippen molar-refractivity contribution in [3.63, 3.8) is 0 Å². The van der Waals surface area contributed by atoms with Gasteiger partial charge in [0.05, 0.1) is 0 Å². The van der Waals surface area contributed by atoms with Crippen molar-refractivity contribution in [1.29, 1.82) is 0 Å². The Morgan fingerprint density at radius 2 is 0.789 bits per heavy atom. The van der Waals surface area contributed by atoms with E-state index in [1.807, 2.05) is 48.5 Å². The van der Waals surface area contributed by atoms with Gasteiger partial charge in [0.25, 0.3) is 0 Å². The van der Waals surface area contributed by atoms with Gasteiger partial charge in [0, 0.05) is 22.7 Å². The van der Waals surface area contributed by atoms with Crippen LogP contribution in [0.5, 0.6) is 0 Å². The molecule has 0 aromatic heterocycles. The summed E-state index contributed by atoms with van der Waals surface area (Å²) in [6.45, 7) is 0. The summed E-state index contributed by atoms with van der Waals surface area (Å²) in [7, 11) is 0. The van der Waals surface area contributed by atoms with Gasteiger partial charge in [-0.2, -0.15) is 0 Å². The van der Waals surface area contributed by atoms with E-state index in [1.165, 1.54) is 0 Å². The molecular weight excluding hydrogens is 298 g/mol. The molecule has 2 heterocycles. The van der Waals surface area contributed by atoms with Crippen molar-refractivity contribution < 1.29 is 0 Å². The summed E-state index contributed by atoms with van der Waals surface area (Å²) in [5.41, 5.74) is 22.9. The number of nitrogens with zero attached hydrogens (tertiary/aromatic N) is 2. The summed E-state index contributed by atoms with van der Waals surface area (Å²) in [6, 6.07) is 15.8. The number of nitrogens with one attached hydrogen (secondary N) is 4. The van der Waals surface area contributed by atoms with E-state index in [2.05, 4.69) is 32.8 Å². The van der Waals surface area contributed by atoms with Crippen LogP contribution in [0.1, 0.15) is 0 Å². The molecule has 0 spiro atoms. The van der Waals surface area contributed by atoms with Crippen LogP contribution in [0.2, 0.25) is 0 Å². The van der Waals surface area contributed by atoms with Gasteiger partial charge in [-0.25, -0.2) is 0 Å². The monoisotopic (exact) mass is 309 g/mol. The molecule has 6 nitrogen and oxygen atoms in total. The van der Waals surface area contributed by atoms with Crippen LogP contribution < -0.4 is 21.7 Å². The maximum atomic E-state index is 3.75. The molecule has 19 heavy (non-hydrogen) atoms. The third-order valence-corrected chi connectivity index (χ3v) is 2.56. The minimum absolute atomic E-state index is 0. The van der Waals surface area contributed by atoms with E-state index in [0.29, 0.717) is 0 Å². The Hall–Kier alpha value is -1.80. The van der Waals surface area contributed by atoms with Gasteiger partial charge in [-0.3, -0.25) is 0 Å².